The molecule has 2 aromatic carbocycles. The van der Waals surface area contributed by atoms with E-state index in [4.69, 9.17) is 21.1 Å². The molecule has 3 rings (SSSR count). The molecule has 0 unspecified atom stereocenters. The lowest BCUT2D eigenvalue weighted by molar-refractivity contribution is -0.126. The van der Waals surface area contributed by atoms with Gasteiger partial charge in [-0.2, -0.15) is 0 Å². The Morgan fingerprint density at radius 3 is 2.44 bits per heavy atom. The minimum atomic E-state index is -3.47. The van der Waals surface area contributed by atoms with Crippen LogP contribution >= 0.6 is 11.6 Å². The average molecular weight is 481 g/mol. The Labute approximate surface area is 194 Å². The number of benzene rings is 2. The zero-order chi connectivity index (χ0) is 23.3. The van der Waals surface area contributed by atoms with Gasteiger partial charge in [-0.05, 0) is 55.2 Å². The molecule has 0 spiro atoms. The molecular weight excluding hydrogens is 452 g/mol. The molecule has 2 aromatic rings. The predicted molar refractivity (Wildman–Crippen MR) is 124 cm³/mol. The first kappa shape index (κ1) is 24.4. The maximum Gasteiger partial charge on any atom is 0.223 e. The number of rotatable bonds is 8. The maximum atomic E-state index is 12.8. The fraction of sp³-hybridized carbons (Fsp3) is 0.435. The standard InChI is InChI=1S/C23H29ClN2O5S/c1-16(19-7-8-21(30-2)22(14-19)31-3)25-23(27)18-9-11-26(12-10-18)32(28,29)15-17-5-4-6-20(24)13-17/h4-8,13-14,16,18H,9-12,15H2,1-3H3,(H,25,27)/t16-/m0/s1. The number of carbonyl (C=O) groups excluding carboxylic acids is 1. The molecule has 1 heterocycles. The molecule has 1 aliphatic rings. The molecule has 0 aliphatic carbocycles. The van der Waals surface area contributed by atoms with E-state index in [0.717, 1.165) is 5.56 Å². The number of methoxy groups -OCH3 is 2. The number of sulfonamides is 1. The zero-order valence-corrected chi connectivity index (χ0v) is 20.1. The summed E-state index contributed by atoms with van der Waals surface area (Å²) in [6.07, 6.45) is 0.971. The van der Waals surface area contributed by atoms with E-state index in [2.05, 4.69) is 5.32 Å². The van der Waals surface area contributed by atoms with Crippen molar-refractivity contribution in [3.63, 3.8) is 0 Å². The Bertz CT molecular complexity index is 1050. The molecule has 1 amide bonds. The Morgan fingerprint density at radius 2 is 1.81 bits per heavy atom. The summed E-state index contributed by atoms with van der Waals surface area (Å²) in [5.74, 6) is 0.834. The summed E-state index contributed by atoms with van der Waals surface area (Å²) in [5, 5.41) is 3.55. The van der Waals surface area contributed by atoms with Crippen LogP contribution in [0.5, 0.6) is 11.5 Å². The Morgan fingerprint density at radius 1 is 1.12 bits per heavy atom. The molecule has 0 aromatic heterocycles. The van der Waals surface area contributed by atoms with E-state index in [1.54, 1.807) is 44.6 Å². The van der Waals surface area contributed by atoms with Crippen molar-refractivity contribution in [2.75, 3.05) is 27.3 Å². The van der Waals surface area contributed by atoms with E-state index in [-0.39, 0.29) is 23.6 Å². The molecule has 174 valence electrons. The largest absolute Gasteiger partial charge is 0.493 e. The van der Waals surface area contributed by atoms with E-state index in [1.165, 1.54) is 4.31 Å². The molecule has 32 heavy (non-hydrogen) atoms. The van der Waals surface area contributed by atoms with Crippen molar-refractivity contribution in [1.82, 2.24) is 9.62 Å². The first-order chi connectivity index (χ1) is 15.2. The van der Waals surface area contributed by atoms with Crippen molar-refractivity contribution in [2.45, 2.75) is 31.6 Å². The summed E-state index contributed by atoms with van der Waals surface area (Å²) in [7, 11) is -0.323. The van der Waals surface area contributed by atoms with Crippen LogP contribution in [-0.4, -0.2) is 45.9 Å². The highest BCUT2D eigenvalue weighted by atomic mass is 35.5. The second kappa shape index (κ2) is 10.6. The van der Waals surface area contributed by atoms with Gasteiger partial charge in [0.15, 0.2) is 11.5 Å². The van der Waals surface area contributed by atoms with Crippen molar-refractivity contribution in [3.8, 4) is 11.5 Å². The highest BCUT2D eigenvalue weighted by Gasteiger charge is 2.31. The van der Waals surface area contributed by atoms with E-state index in [1.807, 2.05) is 19.1 Å². The number of ether oxygens (including phenoxy) is 2. The third-order valence-electron chi connectivity index (χ3n) is 5.72. The third-order valence-corrected chi connectivity index (χ3v) is 7.81. The van der Waals surface area contributed by atoms with Gasteiger partial charge in [0.25, 0.3) is 0 Å². The minimum Gasteiger partial charge on any atom is -0.493 e. The molecule has 1 fully saturated rings. The number of carbonyl (C=O) groups is 1. The van der Waals surface area contributed by atoms with Crippen LogP contribution in [0.2, 0.25) is 5.02 Å². The van der Waals surface area contributed by atoms with Crippen LogP contribution in [0, 0.1) is 5.92 Å². The monoisotopic (exact) mass is 480 g/mol. The fourth-order valence-corrected chi connectivity index (χ4v) is 5.62. The molecule has 9 heteroatoms. The summed E-state index contributed by atoms with van der Waals surface area (Å²) >= 11 is 5.97. The lowest BCUT2D eigenvalue weighted by Gasteiger charge is -2.31. The lowest BCUT2D eigenvalue weighted by Crippen LogP contribution is -2.43. The fourth-order valence-electron chi connectivity index (χ4n) is 3.86. The second-order valence-electron chi connectivity index (χ2n) is 7.90. The number of nitrogens with zero attached hydrogens (tertiary/aromatic N) is 1. The highest BCUT2D eigenvalue weighted by molar-refractivity contribution is 7.88. The van der Waals surface area contributed by atoms with Gasteiger partial charge in [0.05, 0.1) is 26.0 Å². The van der Waals surface area contributed by atoms with Gasteiger partial charge in [-0.15, -0.1) is 0 Å². The number of hydrogen-bond acceptors (Lipinski definition) is 5. The second-order valence-corrected chi connectivity index (χ2v) is 10.3. The first-order valence-corrected chi connectivity index (χ1v) is 12.5. The topological polar surface area (TPSA) is 84.9 Å². The van der Waals surface area contributed by atoms with Gasteiger partial charge in [0.1, 0.15) is 0 Å². The molecule has 0 saturated carbocycles. The van der Waals surface area contributed by atoms with Gasteiger partial charge >= 0.3 is 0 Å². The van der Waals surface area contributed by atoms with Crippen molar-refractivity contribution >= 4 is 27.5 Å². The third kappa shape index (κ3) is 5.94. The summed E-state index contributed by atoms with van der Waals surface area (Å²) < 4.78 is 37.6. The summed E-state index contributed by atoms with van der Waals surface area (Å²) in [6.45, 7) is 2.56. The van der Waals surface area contributed by atoms with Crippen LogP contribution in [0.15, 0.2) is 42.5 Å². The van der Waals surface area contributed by atoms with Gasteiger partial charge in [0, 0.05) is 24.0 Å². The molecule has 0 radical (unpaired) electrons. The van der Waals surface area contributed by atoms with Gasteiger partial charge in [-0.25, -0.2) is 12.7 Å². The van der Waals surface area contributed by atoms with E-state index < -0.39 is 10.0 Å². The number of piperidine rings is 1. The van der Waals surface area contributed by atoms with Crippen LogP contribution in [0.3, 0.4) is 0 Å². The van der Waals surface area contributed by atoms with Crippen molar-refractivity contribution in [3.05, 3.63) is 58.6 Å². The maximum absolute atomic E-state index is 12.8. The Balaban J connectivity index is 1.56. The predicted octanol–water partition coefficient (Wildman–Crippen LogP) is 3.78. The summed E-state index contributed by atoms with van der Waals surface area (Å²) in [6, 6.07) is 12.2. The molecule has 1 saturated heterocycles. The van der Waals surface area contributed by atoms with E-state index in [0.29, 0.717) is 48.0 Å². The average Bonchev–Trinajstić information content (AvgIpc) is 2.78. The van der Waals surface area contributed by atoms with E-state index in [9.17, 15) is 13.2 Å². The van der Waals surface area contributed by atoms with Gasteiger partial charge in [-0.3, -0.25) is 4.79 Å². The van der Waals surface area contributed by atoms with Gasteiger partial charge < -0.3 is 14.8 Å². The summed E-state index contributed by atoms with van der Waals surface area (Å²) in [4.78, 5) is 12.8. The SMILES string of the molecule is COc1ccc([C@H](C)NC(=O)C2CCN(S(=O)(=O)Cc3cccc(Cl)c3)CC2)cc1OC. The lowest BCUT2D eigenvalue weighted by atomic mass is 9.96. The van der Waals surface area contributed by atoms with Crippen molar-refractivity contribution in [2.24, 2.45) is 5.92 Å². The first-order valence-electron chi connectivity index (χ1n) is 10.5. The molecule has 0 bridgehead atoms. The molecule has 7 nitrogen and oxygen atoms in total. The quantitative estimate of drug-likeness (QED) is 0.621. The zero-order valence-electron chi connectivity index (χ0n) is 18.5. The number of hydrogen-bond donors (Lipinski definition) is 1. The van der Waals surface area contributed by atoms with Crippen LogP contribution in [0.25, 0.3) is 0 Å². The van der Waals surface area contributed by atoms with Crippen LogP contribution in [0.1, 0.15) is 36.9 Å². The van der Waals surface area contributed by atoms with E-state index >= 15 is 0 Å². The number of nitrogens with one attached hydrogen (secondary N) is 1. The molecular formula is C23H29ClN2O5S. The minimum absolute atomic E-state index is 0.0702. The van der Waals surface area contributed by atoms with Gasteiger partial charge in [-0.1, -0.05) is 29.8 Å². The number of amides is 1. The van der Waals surface area contributed by atoms with Crippen LogP contribution in [-0.2, 0) is 20.6 Å². The highest BCUT2D eigenvalue weighted by Crippen LogP contribution is 2.30. The number of halogens is 1. The smallest absolute Gasteiger partial charge is 0.223 e. The van der Waals surface area contributed by atoms with Crippen LogP contribution in [0.4, 0.5) is 0 Å². The van der Waals surface area contributed by atoms with Crippen LogP contribution < -0.4 is 14.8 Å². The molecule has 1 N–H and O–H groups in total. The van der Waals surface area contributed by atoms with Gasteiger partial charge in [0.2, 0.25) is 15.9 Å². The van der Waals surface area contributed by atoms with Crippen molar-refractivity contribution in [1.29, 1.82) is 0 Å². The van der Waals surface area contributed by atoms with Crippen molar-refractivity contribution < 1.29 is 22.7 Å². The Kier molecular flexibility index (Phi) is 8.03. The normalized spacial score (nSPS) is 16.4. The molecule has 1 atom stereocenters. The molecule has 1 aliphatic heterocycles. The Hall–Kier alpha value is -2.29. The summed E-state index contributed by atoms with van der Waals surface area (Å²) in [5.41, 5.74) is 1.55.